The van der Waals surface area contributed by atoms with Crippen LogP contribution in [0, 0.1) is 11.2 Å². The lowest BCUT2D eigenvalue weighted by Gasteiger charge is -2.40. The van der Waals surface area contributed by atoms with E-state index in [1.165, 1.54) is 6.07 Å². The summed E-state index contributed by atoms with van der Waals surface area (Å²) in [5.74, 6) is 1.07. The lowest BCUT2D eigenvalue weighted by molar-refractivity contribution is -0.133. The molecule has 2 fully saturated rings. The van der Waals surface area contributed by atoms with E-state index in [1.54, 1.807) is 12.1 Å². The minimum atomic E-state index is -0.173. The molecule has 116 valence electrons. The Bertz CT molecular complexity index is 476. The number of nitrogens with one attached hydrogen (secondary N) is 1. The molecule has 1 N–H and O–H groups in total. The van der Waals surface area contributed by atoms with Gasteiger partial charge in [-0.25, -0.2) is 4.39 Å². The molecule has 1 aromatic carbocycles. The molecule has 0 aliphatic carbocycles. The molecule has 1 aromatic rings. The zero-order valence-electron chi connectivity index (χ0n) is 12.7. The van der Waals surface area contributed by atoms with E-state index in [1.807, 2.05) is 0 Å². The lowest BCUT2D eigenvalue weighted by atomic mass is 9.84. The highest BCUT2D eigenvalue weighted by molar-refractivity contribution is 5.37. The molecule has 21 heavy (non-hydrogen) atoms. The standard InChI is InChI=1S/C17H24FNO2/c1-2-17(10-20-11-17)12-21-16-4-3-14(18)9-15(16)13-5-7-19-8-6-13/h3-4,9,13,19H,2,5-8,10-12H2,1H3. The van der Waals surface area contributed by atoms with Crippen molar-refractivity contribution in [1.82, 2.24) is 5.32 Å². The highest BCUT2D eigenvalue weighted by Crippen LogP contribution is 2.36. The molecule has 2 saturated heterocycles. The average molecular weight is 293 g/mol. The van der Waals surface area contributed by atoms with Gasteiger partial charge in [0.05, 0.1) is 25.2 Å². The summed E-state index contributed by atoms with van der Waals surface area (Å²) in [6, 6.07) is 4.94. The molecule has 0 atom stereocenters. The minimum Gasteiger partial charge on any atom is -0.493 e. The van der Waals surface area contributed by atoms with E-state index in [0.29, 0.717) is 12.5 Å². The van der Waals surface area contributed by atoms with E-state index in [4.69, 9.17) is 9.47 Å². The molecule has 2 heterocycles. The summed E-state index contributed by atoms with van der Waals surface area (Å²) in [4.78, 5) is 0. The van der Waals surface area contributed by atoms with Gasteiger partial charge in [-0.15, -0.1) is 0 Å². The molecule has 0 amide bonds. The molecule has 2 aliphatic rings. The van der Waals surface area contributed by atoms with Crippen LogP contribution in [0.3, 0.4) is 0 Å². The first-order valence-electron chi connectivity index (χ1n) is 7.93. The highest BCUT2D eigenvalue weighted by atomic mass is 19.1. The maximum Gasteiger partial charge on any atom is 0.123 e. The molecule has 0 unspecified atom stereocenters. The lowest BCUT2D eigenvalue weighted by Crippen LogP contribution is -2.46. The largest absolute Gasteiger partial charge is 0.493 e. The van der Waals surface area contributed by atoms with Crippen LogP contribution in [0.2, 0.25) is 0 Å². The fourth-order valence-corrected chi connectivity index (χ4v) is 3.11. The van der Waals surface area contributed by atoms with E-state index < -0.39 is 0 Å². The Morgan fingerprint density at radius 3 is 2.71 bits per heavy atom. The fraction of sp³-hybridized carbons (Fsp3) is 0.647. The summed E-state index contributed by atoms with van der Waals surface area (Å²) in [6.07, 6.45) is 3.14. The summed E-state index contributed by atoms with van der Waals surface area (Å²) in [7, 11) is 0. The molecule has 0 radical (unpaired) electrons. The van der Waals surface area contributed by atoms with E-state index in [2.05, 4.69) is 12.2 Å². The van der Waals surface area contributed by atoms with Crippen molar-refractivity contribution in [3.63, 3.8) is 0 Å². The van der Waals surface area contributed by atoms with Crippen LogP contribution < -0.4 is 10.1 Å². The van der Waals surface area contributed by atoms with Crippen LogP contribution in [0.25, 0.3) is 0 Å². The molecule has 2 aliphatic heterocycles. The van der Waals surface area contributed by atoms with Gasteiger partial charge in [0.25, 0.3) is 0 Å². The minimum absolute atomic E-state index is 0.153. The van der Waals surface area contributed by atoms with Crippen LogP contribution in [0.4, 0.5) is 4.39 Å². The maximum absolute atomic E-state index is 13.6. The number of hydrogen-bond donors (Lipinski definition) is 1. The van der Waals surface area contributed by atoms with Gasteiger partial charge in [0.15, 0.2) is 0 Å². The van der Waals surface area contributed by atoms with Gasteiger partial charge < -0.3 is 14.8 Å². The number of halogens is 1. The van der Waals surface area contributed by atoms with Crippen molar-refractivity contribution in [2.75, 3.05) is 32.9 Å². The predicted octanol–water partition coefficient (Wildman–Crippen LogP) is 3.10. The number of rotatable bonds is 5. The number of ether oxygens (including phenoxy) is 2. The Labute approximate surface area is 125 Å². The molecule has 0 aromatic heterocycles. The fourth-order valence-electron chi connectivity index (χ4n) is 3.11. The Morgan fingerprint density at radius 2 is 2.10 bits per heavy atom. The van der Waals surface area contributed by atoms with Crippen LogP contribution in [-0.2, 0) is 4.74 Å². The Kier molecular flexibility index (Phi) is 4.45. The second kappa shape index (κ2) is 6.32. The van der Waals surface area contributed by atoms with Gasteiger partial charge in [-0.05, 0) is 56.5 Å². The van der Waals surface area contributed by atoms with Gasteiger partial charge in [0, 0.05) is 5.56 Å². The average Bonchev–Trinajstić information content (AvgIpc) is 2.49. The molecule has 3 nitrogen and oxygen atoms in total. The van der Waals surface area contributed by atoms with Gasteiger partial charge in [0.1, 0.15) is 11.6 Å². The monoisotopic (exact) mass is 293 g/mol. The third-order valence-electron chi connectivity index (χ3n) is 4.85. The summed E-state index contributed by atoms with van der Waals surface area (Å²) in [5, 5.41) is 3.35. The van der Waals surface area contributed by atoms with Crippen LogP contribution in [0.15, 0.2) is 18.2 Å². The number of benzene rings is 1. The summed E-state index contributed by atoms with van der Waals surface area (Å²) < 4.78 is 25.0. The topological polar surface area (TPSA) is 30.5 Å². The SMILES string of the molecule is CCC1(COc2ccc(F)cc2C2CCNCC2)COC1. The Hall–Kier alpha value is -1.13. The summed E-state index contributed by atoms with van der Waals surface area (Å²) in [6.45, 7) is 6.36. The van der Waals surface area contributed by atoms with E-state index in [-0.39, 0.29) is 11.2 Å². The normalized spacial score (nSPS) is 21.8. The first kappa shape index (κ1) is 14.8. The Balaban J connectivity index is 1.74. The summed E-state index contributed by atoms with van der Waals surface area (Å²) in [5.41, 5.74) is 1.18. The van der Waals surface area contributed by atoms with Gasteiger partial charge in [-0.2, -0.15) is 0 Å². The van der Waals surface area contributed by atoms with Gasteiger partial charge in [0.2, 0.25) is 0 Å². The van der Waals surface area contributed by atoms with Crippen LogP contribution in [-0.4, -0.2) is 32.9 Å². The smallest absolute Gasteiger partial charge is 0.123 e. The van der Waals surface area contributed by atoms with Crippen molar-refractivity contribution < 1.29 is 13.9 Å². The van der Waals surface area contributed by atoms with Crippen molar-refractivity contribution in [1.29, 1.82) is 0 Å². The number of piperidine rings is 1. The maximum atomic E-state index is 13.6. The van der Waals surface area contributed by atoms with Crippen molar-refractivity contribution in [2.24, 2.45) is 5.41 Å². The molecule has 4 heteroatoms. The highest BCUT2D eigenvalue weighted by Gasteiger charge is 2.38. The molecule has 0 bridgehead atoms. The predicted molar refractivity (Wildman–Crippen MR) is 80.3 cm³/mol. The van der Waals surface area contributed by atoms with Gasteiger partial charge in [-0.1, -0.05) is 6.92 Å². The van der Waals surface area contributed by atoms with Crippen molar-refractivity contribution in [3.8, 4) is 5.75 Å². The third kappa shape index (κ3) is 3.22. The Morgan fingerprint density at radius 1 is 1.33 bits per heavy atom. The third-order valence-corrected chi connectivity index (χ3v) is 4.85. The van der Waals surface area contributed by atoms with Crippen molar-refractivity contribution in [2.45, 2.75) is 32.1 Å². The van der Waals surface area contributed by atoms with Crippen molar-refractivity contribution >= 4 is 0 Å². The zero-order valence-corrected chi connectivity index (χ0v) is 12.7. The zero-order chi connectivity index (χ0) is 14.7. The van der Waals surface area contributed by atoms with Gasteiger partial charge in [-0.3, -0.25) is 0 Å². The molecular formula is C17H24FNO2. The molecule has 0 saturated carbocycles. The van der Waals surface area contributed by atoms with E-state index >= 15 is 0 Å². The molecule has 0 spiro atoms. The number of hydrogen-bond acceptors (Lipinski definition) is 3. The second-order valence-electron chi connectivity index (χ2n) is 6.34. The van der Waals surface area contributed by atoms with E-state index in [9.17, 15) is 4.39 Å². The van der Waals surface area contributed by atoms with Crippen molar-refractivity contribution in [3.05, 3.63) is 29.6 Å². The van der Waals surface area contributed by atoms with E-state index in [0.717, 1.165) is 56.9 Å². The van der Waals surface area contributed by atoms with Crippen LogP contribution >= 0.6 is 0 Å². The molecular weight excluding hydrogens is 269 g/mol. The van der Waals surface area contributed by atoms with Crippen LogP contribution in [0.1, 0.15) is 37.7 Å². The first-order chi connectivity index (χ1) is 10.2. The van der Waals surface area contributed by atoms with Crippen LogP contribution in [0.5, 0.6) is 5.75 Å². The first-order valence-corrected chi connectivity index (χ1v) is 7.93. The van der Waals surface area contributed by atoms with Gasteiger partial charge >= 0.3 is 0 Å². The molecule has 3 rings (SSSR count). The summed E-state index contributed by atoms with van der Waals surface area (Å²) >= 11 is 0. The second-order valence-corrected chi connectivity index (χ2v) is 6.34. The quantitative estimate of drug-likeness (QED) is 0.905.